The molecule has 72 valence electrons. The van der Waals surface area contributed by atoms with Crippen molar-refractivity contribution < 1.29 is 13.6 Å². The maximum atomic E-state index is 11.7. The van der Waals surface area contributed by atoms with E-state index in [1.807, 2.05) is 0 Å². The standard InChI is InChI=1S/C6H7F2N3OS/c1-3-5(13-11-10-3)6(12)9-2-4(7)8/h4H,2H2,1H3,(H,9,12). The van der Waals surface area contributed by atoms with Gasteiger partial charge in [-0.05, 0) is 18.5 Å². The predicted octanol–water partition coefficient (Wildman–Crippen LogP) is 0.841. The SMILES string of the molecule is Cc1nnsc1C(=O)NCC(F)F. The fourth-order valence-electron chi connectivity index (χ4n) is 0.690. The van der Waals surface area contributed by atoms with Crippen molar-refractivity contribution in [3.63, 3.8) is 0 Å². The first-order chi connectivity index (χ1) is 6.11. The molecule has 0 bridgehead atoms. The van der Waals surface area contributed by atoms with Gasteiger partial charge in [0.25, 0.3) is 12.3 Å². The highest BCUT2D eigenvalue weighted by molar-refractivity contribution is 7.07. The van der Waals surface area contributed by atoms with Crippen LogP contribution in [0.25, 0.3) is 0 Å². The van der Waals surface area contributed by atoms with E-state index >= 15 is 0 Å². The number of hydrogen-bond donors (Lipinski definition) is 1. The van der Waals surface area contributed by atoms with Crippen LogP contribution in [0.2, 0.25) is 0 Å². The third-order valence-corrected chi connectivity index (χ3v) is 2.10. The quantitative estimate of drug-likeness (QED) is 0.799. The second-order valence-corrected chi connectivity index (χ2v) is 3.04. The van der Waals surface area contributed by atoms with Crippen LogP contribution in [0.1, 0.15) is 15.4 Å². The van der Waals surface area contributed by atoms with E-state index in [4.69, 9.17) is 0 Å². The number of aromatic nitrogens is 2. The van der Waals surface area contributed by atoms with Crippen LogP contribution in [0.3, 0.4) is 0 Å². The lowest BCUT2D eigenvalue weighted by atomic mass is 10.4. The molecule has 0 unspecified atom stereocenters. The van der Waals surface area contributed by atoms with E-state index in [0.29, 0.717) is 5.69 Å². The van der Waals surface area contributed by atoms with Crippen LogP contribution in [0, 0.1) is 6.92 Å². The minimum absolute atomic E-state index is 0.278. The normalized spacial score (nSPS) is 10.5. The first-order valence-corrected chi connectivity index (χ1v) is 4.24. The van der Waals surface area contributed by atoms with Crippen molar-refractivity contribution in [2.75, 3.05) is 6.54 Å². The van der Waals surface area contributed by atoms with Gasteiger partial charge in [0.15, 0.2) is 0 Å². The number of alkyl halides is 2. The van der Waals surface area contributed by atoms with Crippen LogP contribution >= 0.6 is 11.5 Å². The van der Waals surface area contributed by atoms with Gasteiger partial charge in [-0.3, -0.25) is 4.79 Å². The zero-order valence-corrected chi connectivity index (χ0v) is 7.57. The predicted molar refractivity (Wildman–Crippen MR) is 43.0 cm³/mol. The molecule has 1 amide bonds. The molecule has 1 heterocycles. The smallest absolute Gasteiger partial charge is 0.265 e. The molecule has 1 rings (SSSR count). The number of nitrogens with one attached hydrogen (secondary N) is 1. The summed E-state index contributed by atoms with van der Waals surface area (Å²) in [6.07, 6.45) is -2.54. The van der Waals surface area contributed by atoms with E-state index in [2.05, 4.69) is 14.9 Å². The number of carbonyl (C=O) groups excluding carboxylic acids is 1. The Kier molecular flexibility index (Phi) is 3.24. The highest BCUT2D eigenvalue weighted by Crippen LogP contribution is 2.08. The van der Waals surface area contributed by atoms with Crippen LogP contribution in [0.5, 0.6) is 0 Å². The molecule has 0 saturated heterocycles. The molecule has 0 aromatic carbocycles. The van der Waals surface area contributed by atoms with Gasteiger partial charge in [-0.2, -0.15) is 0 Å². The molecule has 1 aromatic heterocycles. The molecule has 1 N–H and O–H groups in total. The van der Waals surface area contributed by atoms with Crippen LogP contribution in [-0.4, -0.2) is 28.5 Å². The number of amides is 1. The van der Waals surface area contributed by atoms with Gasteiger partial charge >= 0.3 is 0 Å². The van der Waals surface area contributed by atoms with E-state index in [-0.39, 0.29) is 4.88 Å². The highest BCUT2D eigenvalue weighted by atomic mass is 32.1. The molecule has 7 heteroatoms. The first-order valence-electron chi connectivity index (χ1n) is 3.46. The molecule has 0 aliphatic heterocycles. The maximum Gasteiger partial charge on any atom is 0.265 e. The minimum Gasteiger partial charge on any atom is -0.345 e. The van der Waals surface area contributed by atoms with Crippen LogP contribution in [0.4, 0.5) is 8.78 Å². The Morgan fingerprint density at radius 1 is 1.69 bits per heavy atom. The molecule has 4 nitrogen and oxygen atoms in total. The second kappa shape index (κ2) is 4.22. The van der Waals surface area contributed by atoms with Crippen molar-refractivity contribution in [1.29, 1.82) is 0 Å². The van der Waals surface area contributed by atoms with E-state index < -0.39 is 18.9 Å². The number of carbonyl (C=O) groups is 1. The summed E-state index contributed by atoms with van der Waals surface area (Å²) >= 11 is 0.891. The summed E-state index contributed by atoms with van der Waals surface area (Å²) in [7, 11) is 0. The van der Waals surface area contributed by atoms with E-state index in [9.17, 15) is 13.6 Å². The molecule has 0 saturated carbocycles. The molecule has 13 heavy (non-hydrogen) atoms. The Morgan fingerprint density at radius 3 is 2.85 bits per heavy atom. The molecule has 0 atom stereocenters. The summed E-state index contributed by atoms with van der Waals surface area (Å²) < 4.78 is 26.9. The van der Waals surface area contributed by atoms with Crippen molar-refractivity contribution >= 4 is 17.4 Å². The van der Waals surface area contributed by atoms with Crippen molar-refractivity contribution in [1.82, 2.24) is 14.9 Å². The van der Waals surface area contributed by atoms with E-state index in [1.54, 1.807) is 6.92 Å². The van der Waals surface area contributed by atoms with Crippen LogP contribution in [0.15, 0.2) is 0 Å². The Hall–Kier alpha value is -1.11. The number of nitrogens with zero attached hydrogens (tertiary/aromatic N) is 2. The molecule has 0 aliphatic carbocycles. The summed E-state index contributed by atoms with van der Waals surface area (Å²) in [6, 6.07) is 0. The van der Waals surface area contributed by atoms with Crippen LogP contribution in [-0.2, 0) is 0 Å². The molecular formula is C6H7F2N3OS. The summed E-state index contributed by atoms with van der Waals surface area (Å²) in [5.74, 6) is -0.548. The van der Waals surface area contributed by atoms with Crippen molar-refractivity contribution in [2.45, 2.75) is 13.3 Å². The maximum absolute atomic E-state index is 11.7. The van der Waals surface area contributed by atoms with E-state index in [0.717, 1.165) is 11.5 Å². The van der Waals surface area contributed by atoms with Crippen molar-refractivity contribution in [3.8, 4) is 0 Å². The Morgan fingerprint density at radius 2 is 2.38 bits per heavy atom. The zero-order chi connectivity index (χ0) is 9.84. The van der Waals surface area contributed by atoms with Gasteiger partial charge in [-0.1, -0.05) is 4.49 Å². The average Bonchev–Trinajstić information content (AvgIpc) is 2.47. The number of halogens is 2. The van der Waals surface area contributed by atoms with Gasteiger partial charge in [-0.15, -0.1) is 5.10 Å². The third-order valence-electron chi connectivity index (χ3n) is 1.27. The molecule has 0 fully saturated rings. The topological polar surface area (TPSA) is 54.9 Å². The average molecular weight is 207 g/mol. The lowest BCUT2D eigenvalue weighted by Crippen LogP contribution is -2.28. The zero-order valence-electron chi connectivity index (χ0n) is 6.75. The molecule has 0 aliphatic rings. The Labute approximate surface area is 77.1 Å². The molecule has 1 aromatic rings. The third kappa shape index (κ3) is 2.69. The Bertz CT molecular complexity index is 302. The highest BCUT2D eigenvalue weighted by Gasteiger charge is 2.13. The lowest BCUT2D eigenvalue weighted by Gasteiger charge is -2.01. The number of hydrogen-bond acceptors (Lipinski definition) is 4. The largest absolute Gasteiger partial charge is 0.345 e. The fraction of sp³-hybridized carbons (Fsp3) is 0.500. The Balaban J connectivity index is 2.54. The fourth-order valence-corrected chi connectivity index (χ4v) is 1.26. The molecule has 0 radical (unpaired) electrons. The minimum atomic E-state index is -2.54. The molecular weight excluding hydrogens is 200 g/mol. The van der Waals surface area contributed by atoms with Gasteiger partial charge in [0, 0.05) is 0 Å². The summed E-state index contributed by atoms with van der Waals surface area (Å²) in [5, 5.41) is 5.65. The van der Waals surface area contributed by atoms with Gasteiger partial charge in [0.05, 0.1) is 12.2 Å². The summed E-state index contributed by atoms with van der Waals surface area (Å²) in [4.78, 5) is 11.4. The number of rotatable bonds is 3. The molecule has 0 spiro atoms. The number of aryl methyl sites for hydroxylation is 1. The second-order valence-electron chi connectivity index (χ2n) is 2.29. The lowest BCUT2D eigenvalue weighted by molar-refractivity contribution is 0.0895. The summed E-state index contributed by atoms with van der Waals surface area (Å²) in [5.41, 5.74) is 0.455. The van der Waals surface area contributed by atoms with E-state index in [1.165, 1.54) is 0 Å². The van der Waals surface area contributed by atoms with Crippen molar-refractivity contribution in [3.05, 3.63) is 10.6 Å². The summed E-state index contributed by atoms with van der Waals surface area (Å²) in [6.45, 7) is 0.955. The van der Waals surface area contributed by atoms with Gasteiger partial charge in [0.2, 0.25) is 0 Å². The van der Waals surface area contributed by atoms with Gasteiger partial charge < -0.3 is 5.32 Å². The first kappa shape index (κ1) is 9.97. The van der Waals surface area contributed by atoms with Gasteiger partial charge in [0.1, 0.15) is 4.88 Å². The van der Waals surface area contributed by atoms with Crippen molar-refractivity contribution in [2.24, 2.45) is 0 Å². The monoisotopic (exact) mass is 207 g/mol. The van der Waals surface area contributed by atoms with Crippen LogP contribution < -0.4 is 5.32 Å². The van der Waals surface area contributed by atoms with Gasteiger partial charge in [-0.25, -0.2) is 8.78 Å².